The van der Waals surface area contributed by atoms with Gasteiger partial charge in [-0.2, -0.15) is 13.2 Å². The lowest BCUT2D eigenvalue weighted by Gasteiger charge is -2.30. The zero-order valence-electron chi connectivity index (χ0n) is 8.56. The molecule has 0 spiro atoms. The monoisotopic (exact) mass is 284 g/mol. The zero-order valence-corrected chi connectivity index (χ0v) is 10.1. The number of benzene rings is 1. The van der Waals surface area contributed by atoms with Crippen LogP contribution >= 0.6 is 23.2 Å². The number of alkyl halides is 3. The van der Waals surface area contributed by atoms with Gasteiger partial charge in [0.25, 0.3) is 0 Å². The Morgan fingerprint density at radius 1 is 1.18 bits per heavy atom. The summed E-state index contributed by atoms with van der Waals surface area (Å²) in [6.45, 7) is 3.20. The van der Waals surface area contributed by atoms with Crippen LogP contribution in [0.1, 0.15) is 12.0 Å². The van der Waals surface area contributed by atoms with Crippen LogP contribution in [0.4, 0.5) is 13.2 Å². The Labute approximate surface area is 106 Å². The van der Waals surface area contributed by atoms with Crippen molar-refractivity contribution in [2.45, 2.75) is 18.2 Å². The van der Waals surface area contributed by atoms with E-state index in [2.05, 4.69) is 6.58 Å². The summed E-state index contributed by atoms with van der Waals surface area (Å²) in [5.74, 6) is 0. The van der Waals surface area contributed by atoms with Crippen LogP contribution in [0.25, 0.3) is 0 Å². The molecule has 0 fully saturated rings. The maximum Gasteiger partial charge on any atom is 0.421 e. The average molecular weight is 285 g/mol. The van der Waals surface area contributed by atoms with Crippen molar-refractivity contribution in [3.8, 4) is 0 Å². The van der Waals surface area contributed by atoms with Crippen LogP contribution in [-0.2, 0) is 5.60 Å². The number of hydrogen-bond donors (Lipinski definition) is 1. The van der Waals surface area contributed by atoms with E-state index >= 15 is 0 Å². The van der Waals surface area contributed by atoms with E-state index in [1.54, 1.807) is 0 Å². The van der Waals surface area contributed by atoms with Gasteiger partial charge in [-0.05, 0) is 23.8 Å². The van der Waals surface area contributed by atoms with Gasteiger partial charge in [-0.25, -0.2) is 0 Å². The van der Waals surface area contributed by atoms with Gasteiger partial charge in [0.1, 0.15) is 0 Å². The predicted molar refractivity (Wildman–Crippen MR) is 61.2 cm³/mol. The van der Waals surface area contributed by atoms with Crippen molar-refractivity contribution < 1.29 is 18.3 Å². The molecule has 1 atom stereocenters. The minimum absolute atomic E-state index is 0.0271. The van der Waals surface area contributed by atoms with Crippen molar-refractivity contribution in [2.75, 3.05) is 0 Å². The summed E-state index contributed by atoms with van der Waals surface area (Å²) < 4.78 is 38.6. The van der Waals surface area contributed by atoms with Crippen LogP contribution in [0.2, 0.25) is 10.0 Å². The molecule has 0 saturated carbocycles. The van der Waals surface area contributed by atoms with Crippen molar-refractivity contribution >= 4 is 23.2 Å². The van der Waals surface area contributed by atoms with E-state index < -0.39 is 23.8 Å². The second kappa shape index (κ2) is 4.88. The first kappa shape index (κ1) is 14.4. The Morgan fingerprint density at radius 3 is 2.00 bits per heavy atom. The smallest absolute Gasteiger partial charge is 0.376 e. The van der Waals surface area contributed by atoms with Gasteiger partial charge in [0.2, 0.25) is 0 Å². The average Bonchev–Trinajstić information content (AvgIpc) is 2.14. The molecular weight excluding hydrogens is 276 g/mol. The Hall–Kier alpha value is -0.710. The van der Waals surface area contributed by atoms with E-state index in [4.69, 9.17) is 23.2 Å². The molecule has 1 aromatic carbocycles. The fourth-order valence-corrected chi connectivity index (χ4v) is 1.92. The van der Waals surface area contributed by atoms with E-state index in [-0.39, 0.29) is 10.0 Å². The number of halogens is 5. The van der Waals surface area contributed by atoms with Gasteiger partial charge in [-0.3, -0.25) is 0 Å². The van der Waals surface area contributed by atoms with Gasteiger partial charge in [-0.15, -0.1) is 6.58 Å². The quantitative estimate of drug-likeness (QED) is 0.820. The van der Waals surface area contributed by atoms with Crippen molar-refractivity contribution in [1.29, 1.82) is 0 Å². The fourth-order valence-electron chi connectivity index (χ4n) is 1.40. The van der Waals surface area contributed by atoms with Crippen LogP contribution < -0.4 is 0 Å². The number of rotatable bonds is 3. The molecule has 94 valence electrons. The first-order valence-corrected chi connectivity index (χ1v) is 5.33. The van der Waals surface area contributed by atoms with E-state index in [1.165, 1.54) is 6.07 Å². The molecule has 0 amide bonds. The molecule has 0 aliphatic rings. The predicted octanol–water partition coefficient (Wildman–Crippen LogP) is 4.32. The van der Waals surface area contributed by atoms with Crippen molar-refractivity contribution in [3.05, 3.63) is 46.5 Å². The van der Waals surface area contributed by atoms with E-state index in [9.17, 15) is 18.3 Å². The number of hydrogen-bond acceptors (Lipinski definition) is 1. The van der Waals surface area contributed by atoms with Gasteiger partial charge in [0, 0.05) is 16.5 Å². The van der Waals surface area contributed by atoms with Crippen LogP contribution in [0, 0.1) is 0 Å². The molecule has 1 aromatic rings. The van der Waals surface area contributed by atoms with Gasteiger partial charge in [0.15, 0.2) is 5.60 Å². The van der Waals surface area contributed by atoms with E-state index in [1.807, 2.05) is 0 Å². The standard InChI is InChI=1S/C11H9Cl2F3O/c1-2-3-10(17,11(14,15)16)7-4-8(12)6-9(13)5-7/h2,4-6,17H,1,3H2/t10-/m0/s1. The maximum absolute atomic E-state index is 12.9. The Kier molecular flexibility index (Phi) is 4.12. The van der Waals surface area contributed by atoms with Crippen LogP contribution in [-0.4, -0.2) is 11.3 Å². The molecule has 0 heterocycles. The zero-order chi connectivity index (χ0) is 13.3. The van der Waals surface area contributed by atoms with Crippen LogP contribution in [0.3, 0.4) is 0 Å². The van der Waals surface area contributed by atoms with E-state index in [0.717, 1.165) is 18.2 Å². The first-order chi connectivity index (χ1) is 7.70. The summed E-state index contributed by atoms with van der Waals surface area (Å²) in [6, 6.07) is 3.35. The fraction of sp³-hybridized carbons (Fsp3) is 0.273. The molecule has 0 saturated heterocycles. The Morgan fingerprint density at radius 2 is 1.65 bits per heavy atom. The van der Waals surface area contributed by atoms with Crippen molar-refractivity contribution in [2.24, 2.45) is 0 Å². The van der Waals surface area contributed by atoms with Gasteiger partial charge < -0.3 is 5.11 Å². The topological polar surface area (TPSA) is 20.2 Å². The number of aliphatic hydroxyl groups is 1. The summed E-state index contributed by atoms with van der Waals surface area (Å²) in [7, 11) is 0. The lowest BCUT2D eigenvalue weighted by molar-refractivity contribution is -0.265. The summed E-state index contributed by atoms with van der Waals surface area (Å²) in [5.41, 5.74) is -3.43. The third kappa shape index (κ3) is 2.94. The SMILES string of the molecule is C=CC[C@](O)(c1cc(Cl)cc(Cl)c1)C(F)(F)F. The summed E-state index contributed by atoms with van der Waals surface area (Å²) in [5, 5.41) is 9.81. The van der Waals surface area contributed by atoms with Gasteiger partial charge >= 0.3 is 6.18 Å². The Balaban J connectivity index is 3.37. The first-order valence-electron chi connectivity index (χ1n) is 4.57. The van der Waals surface area contributed by atoms with Gasteiger partial charge in [0.05, 0.1) is 0 Å². The van der Waals surface area contributed by atoms with E-state index in [0.29, 0.717) is 0 Å². The highest BCUT2D eigenvalue weighted by Gasteiger charge is 2.54. The van der Waals surface area contributed by atoms with Gasteiger partial charge in [-0.1, -0.05) is 29.3 Å². The minimum atomic E-state index is -4.84. The molecule has 0 radical (unpaired) electrons. The molecular formula is C11H9Cl2F3O. The third-order valence-electron chi connectivity index (χ3n) is 2.25. The lowest BCUT2D eigenvalue weighted by atomic mass is 9.90. The maximum atomic E-state index is 12.9. The molecule has 6 heteroatoms. The minimum Gasteiger partial charge on any atom is -0.376 e. The third-order valence-corrected chi connectivity index (χ3v) is 2.69. The molecule has 0 bridgehead atoms. The van der Waals surface area contributed by atoms with Crippen LogP contribution in [0.15, 0.2) is 30.9 Å². The van der Waals surface area contributed by atoms with Crippen molar-refractivity contribution in [1.82, 2.24) is 0 Å². The molecule has 1 nitrogen and oxygen atoms in total. The summed E-state index contributed by atoms with van der Waals surface area (Å²) in [6.07, 6.45) is -4.52. The summed E-state index contributed by atoms with van der Waals surface area (Å²) >= 11 is 11.2. The highest BCUT2D eigenvalue weighted by atomic mass is 35.5. The molecule has 1 N–H and O–H groups in total. The molecule has 0 aliphatic carbocycles. The molecule has 0 aromatic heterocycles. The molecule has 0 aliphatic heterocycles. The molecule has 1 rings (SSSR count). The van der Waals surface area contributed by atoms with Crippen molar-refractivity contribution in [3.63, 3.8) is 0 Å². The second-order valence-electron chi connectivity index (χ2n) is 3.51. The largest absolute Gasteiger partial charge is 0.421 e. The second-order valence-corrected chi connectivity index (χ2v) is 4.38. The highest BCUT2D eigenvalue weighted by Crippen LogP contribution is 2.43. The van der Waals surface area contributed by atoms with Crippen LogP contribution in [0.5, 0.6) is 0 Å². The highest BCUT2D eigenvalue weighted by molar-refractivity contribution is 6.34. The lowest BCUT2D eigenvalue weighted by Crippen LogP contribution is -2.41. The molecule has 17 heavy (non-hydrogen) atoms. The normalized spacial score (nSPS) is 15.4. The summed E-state index contributed by atoms with van der Waals surface area (Å²) in [4.78, 5) is 0. The Bertz CT molecular complexity index is 411. The molecule has 0 unspecified atom stereocenters.